The molecule has 6 heteroatoms. The van der Waals surface area contributed by atoms with Crippen LogP contribution in [0.1, 0.15) is 0 Å². The van der Waals surface area contributed by atoms with Crippen LogP contribution in [0.5, 0.6) is 0 Å². The summed E-state index contributed by atoms with van der Waals surface area (Å²) in [6.45, 7) is -0.440. The van der Waals surface area contributed by atoms with E-state index in [1.807, 2.05) is 0 Å². The van der Waals surface area contributed by atoms with Crippen LogP contribution in [0, 0.1) is 0 Å². The fourth-order valence-corrected chi connectivity index (χ4v) is 1.35. The number of rotatable bonds is 2. The number of hydrogen-bond donors (Lipinski definition) is 4. The summed E-state index contributed by atoms with van der Waals surface area (Å²) in [6, 6.07) is 0. The minimum absolute atomic E-state index is 0.440. The molecular weight excluding hydrogens is 180 g/mol. The Bertz CT molecular complexity index is 163. The highest BCUT2D eigenvalue weighted by atomic mass is 16.6. The van der Waals surface area contributed by atoms with Crippen molar-refractivity contribution in [3.05, 3.63) is 0 Å². The second-order valence-corrected chi connectivity index (χ2v) is 2.93. The SMILES string of the molecule is CO[C@@H]1[C@@H](O)[C@H](O)O[C@@H](CO)[C@H]1O. The van der Waals surface area contributed by atoms with Crippen molar-refractivity contribution < 1.29 is 29.9 Å². The number of ether oxygens (including phenoxy) is 2. The third-order valence-corrected chi connectivity index (χ3v) is 2.11. The zero-order valence-electron chi connectivity index (χ0n) is 7.20. The van der Waals surface area contributed by atoms with Crippen LogP contribution in [0.2, 0.25) is 0 Å². The number of aliphatic hydroxyl groups is 4. The van der Waals surface area contributed by atoms with Crippen molar-refractivity contribution in [2.24, 2.45) is 0 Å². The fraction of sp³-hybridized carbons (Fsp3) is 1.00. The molecule has 0 amide bonds. The first-order valence-electron chi connectivity index (χ1n) is 3.95. The van der Waals surface area contributed by atoms with Crippen molar-refractivity contribution in [3.63, 3.8) is 0 Å². The van der Waals surface area contributed by atoms with E-state index in [1.165, 1.54) is 7.11 Å². The molecule has 5 atom stereocenters. The first-order valence-corrected chi connectivity index (χ1v) is 3.95. The predicted octanol–water partition coefficient (Wildman–Crippen LogP) is -2.57. The molecule has 4 N–H and O–H groups in total. The van der Waals surface area contributed by atoms with Crippen molar-refractivity contribution in [2.45, 2.75) is 30.7 Å². The molecule has 0 spiro atoms. The van der Waals surface area contributed by atoms with Crippen molar-refractivity contribution in [2.75, 3.05) is 13.7 Å². The van der Waals surface area contributed by atoms with Gasteiger partial charge in [-0.15, -0.1) is 0 Å². The van der Waals surface area contributed by atoms with E-state index in [0.29, 0.717) is 0 Å². The molecule has 0 aromatic heterocycles. The summed E-state index contributed by atoms with van der Waals surface area (Å²) in [6.07, 6.45) is -5.76. The van der Waals surface area contributed by atoms with Crippen molar-refractivity contribution in [1.82, 2.24) is 0 Å². The molecule has 1 aliphatic rings. The van der Waals surface area contributed by atoms with Gasteiger partial charge in [0.25, 0.3) is 0 Å². The zero-order chi connectivity index (χ0) is 10.0. The maximum Gasteiger partial charge on any atom is 0.184 e. The molecule has 0 saturated carbocycles. The second-order valence-electron chi connectivity index (χ2n) is 2.93. The van der Waals surface area contributed by atoms with E-state index in [0.717, 1.165) is 0 Å². The Hall–Kier alpha value is -0.240. The van der Waals surface area contributed by atoms with E-state index in [2.05, 4.69) is 0 Å². The minimum atomic E-state index is -1.44. The highest BCUT2D eigenvalue weighted by molar-refractivity contribution is 4.89. The van der Waals surface area contributed by atoms with Crippen LogP contribution in [0.15, 0.2) is 0 Å². The van der Waals surface area contributed by atoms with Gasteiger partial charge in [-0.25, -0.2) is 0 Å². The maximum atomic E-state index is 9.44. The molecule has 1 aliphatic heterocycles. The van der Waals surface area contributed by atoms with E-state index in [1.54, 1.807) is 0 Å². The Kier molecular flexibility index (Phi) is 3.60. The molecule has 0 unspecified atom stereocenters. The summed E-state index contributed by atoms with van der Waals surface area (Å²) in [7, 11) is 1.30. The summed E-state index contributed by atoms with van der Waals surface area (Å²) in [5.41, 5.74) is 0. The predicted molar refractivity (Wildman–Crippen MR) is 40.8 cm³/mol. The van der Waals surface area contributed by atoms with Gasteiger partial charge >= 0.3 is 0 Å². The Morgan fingerprint density at radius 3 is 2.31 bits per heavy atom. The largest absolute Gasteiger partial charge is 0.394 e. The molecule has 0 aromatic rings. The molecular formula is C7H14O6. The molecule has 6 nitrogen and oxygen atoms in total. The lowest BCUT2D eigenvalue weighted by molar-refractivity contribution is -0.290. The van der Waals surface area contributed by atoms with E-state index < -0.39 is 37.3 Å². The monoisotopic (exact) mass is 194 g/mol. The lowest BCUT2D eigenvalue weighted by Crippen LogP contribution is -2.59. The van der Waals surface area contributed by atoms with Gasteiger partial charge in [0.05, 0.1) is 6.61 Å². The normalized spacial score (nSPS) is 46.4. The van der Waals surface area contributed by atoms with Gasteiger partial charge in [0.1, 0.15) is 24.4 Å². The van der Waals surface area contributed by atoms with Crippen molar-refractivity contribution >= 4 is 0 Å². The average Bonchev–Trinajstić information content (AvgIpc) is 2.12. The van der Waals surface area contributed by atoms with Gasteiger partial charge in [0, 0.05) is 7.11 Å². The van der Waals surface area contributed by atoms with Crippen LogP contribution in [0.4, 0.5) is 0 Å². The maximum absolute atomic E-state index is 9.44. The first-order chi connectivity index (χ1) is 6.11. The van der Waals surface area contributed by atoms with E-state index >= 15 is 0 Å². The third kappa shape index (κ3) is 1.98. The van der Waals surface area contributed by atoms with Crippen LogP contribution < -0.4 is 0 Å². The van der Waals surface area contributed by atoms with E-state index in [9.17, 15) is 10.2 Å². The van der Waals surface area contributed by atoms with Crippen LogP contribution in [0.25, 0.3) is 0 Å². The standard InChI is InChI=1S/C7H14O6/c1-12-6-4(9)3(2-8)13-7(11)5(6)10/h3-11H,2H2,1H3/t3-,4+,5+,6-,7+/m0/s1. The number of methoxy groups -OCH3 is 1. The van der Waals surface area contributed by atoms with Gasteiger partial charge in [0.2, 0.25) is 0 Å². The Morgan fingerprint density at radius 1 is 1.23 bits per heavy atom. The summed E-state index contributed by atoms with van der Waals surface area (Å²) in [4.78, 5) is 0. The van der Waals surface area contributed by atoms with Crippen LogP contribution >= 0.6 is 0 Å². The summed E-state index contributed by atoms with van der Waals surface area (Å²) < 4.78 is 9.48. The van der Waals surface area contributed by atoms with Crippen molar-refractivity contribution in [3.8, 4) is 0 Å². The molecule has 0 radical (unpaired) electrons. The third-order valence-electron chi connectivity index (χ3n) is 2.11. The summed E-state index contributed by atoms with van der Waals surface area (Å²) in [5.74, 6) is 0. The second kappa shape index (κ2) is 4.32. The highest BCUT2D eigenvalue weighted by Crippen LogP contribution is 2.21. The molecule has 1 saturated heterocycles. The average molecular weight is 194 g/mol. The lowest BCUT2D eigenvalue weighted by atomic mass is 9.99. The molecule has 1 heterocycles. The van der Waals surface area contributed by atoms with Crippen LogP contribution in [0.3, 0.4) is 0 Å². The molecule has 0 aliphatic carbocycles. The first kappa shape index (κ1) is 10.8. The summed E-state index contributed by atoms with van der Waals surface area (Å²) in [5, 5.41) is 36.6. The molecule has 13 heavy (non-hydrogen) atoms. The van der Waals surface area contributed by atoms with Gasteiger partial charge in [-0.05, 0) is 0 Å². The van der Waals surface area contributed by atoms with Gasteiger partial charge in [-0.3, -0.25) is 0 Å². The molecule has 78 valence electrons. The van der Waals surface area contributed by atoms with Gasteiger partial charge in [0.15, 0.2) is 6.29 Å². The highest BCUT2D eigenvalue weighted by Gasteiger charge is 2.43. The Labute approximate surface area is 75.3 Å². The molecule has 1 rings (SSSR count). The van der Waals surface area contributed by atoms with Gasteiger partial charge < -0.3 is 29.9 Å². The van der Waals surface area contributed by atoms with Crippen LogP contribution in [-0.4, -0.2) is 64.8 Å². The minimum Gasteiger partial charge on any atom is -0.394 e. The van der Waals surface area contributed by atoms with Crippen molar-refractivity contribution in [1.29, 1.82) is 0 Å². The smallest absolute Gasteiger partial charge is 0.184 e. The number of aliphatic hydroxyl groups excluding tert-OH is 4. The molecule has 0 aromatic carbocycles. The summed E-state index contributed by atoms with van der Waals surface area (Å²) >= 11 is 0. The molecule has 0 bridgehead atoms. The number of hydrogen-bond acceptors (Lipinski definition) is 6. The Morgan fingerprint density at radius 2 is 1.85 bits per heavy atom. The van der Waals surface area contributed by atoms with Gasteiger partial charge in [-0.1, -0.05) is 0 Å². The quantitative estimate of drug-likeness (QED) is 0.386. The Balaban J connectivity index is 2.69. The fourth-order valence-electron chi connectivity index (χ4n) is 1.35. The molecule has 1 fully saturated rings. The van der Waals surface area contributed by atoms with Gasteiger partial charge in [-0.2, -0.15) is 0 Å². The lowest BCUT2D eigenvalue weighted by Gasteiger charge is -2.39. The zero-order valence-corrected chi connectivity index (χ0v) is 7.20. The van der Waals surface area contributed by atoms with E-state index in [-0.39, 0.29) is 0 Å². The van der Waals surface area contributed by atoms with E-state index in [4.69, 9.17) is 19.7 Å². The topological polar surface area (TPSA) is 99.4 Å². The van der Waals surface area contributed by atoms with Crippen LogP contribution in [-0.2, 0) is 9.47 Å².